The zero-order valence-corrected chi connectivity index (χ0v) is 10.7. The normalized spacial score (nSPS) is 10.7. The molecule has 0 spiro atoms. The van der Waals surface area contributed by atoms with E-state index in [-0.39, 0.29) is 5.91 Å². The fraction of sp³-hybridized carbons (Fsp3) is 0.0833. The van der Waals surface area contributed by atoms with Gasteiger partial charge in [0.25, 0.3) is 5.91 Å². The molecule has 0 aliphatic rings. The predicted molar refractivity (Wildman–Crippen MR) is 72.9 cm³/mol. The number of nitrogens with zero attached hydrogens (tertiary/aromatic N) is 3. The summed E-state index contributed by atoms with van der Waals surface area (Å²) >= 11 is 1.25. The summed E-state index contributed by atoms with van der Waals surface area (Å²) in [4.78, 5) is 15.8. The number of hydrogen-bond acceptors (Lipinski definition) is 5. The quantitative estimate of drug-likeness (QED) is 0.753. The summed E-state index contributed by atoms with van der Waals surface area (Å²) in [5, 5.41) is 9.00. The van der Waals surface area contributed by atoms with Gasteiger partial charge in [0.1, 0.15) is 5.69 Å². The lowest BCUT2D eigenvalue weighted by Gasteiger charge is -2.05. The first-order chi connectivity index (χ1) is 9.24. The topological polar surface area (TPSA) is 85.3 Å². The van der Waals surface area contributed by atoms with Gasteiger partial charge in [-0.25, -0.2) is 9.50 Å². The number of pyridine rings is 1. The summed E-state index contributed by atoms with van der Waals surface area (Å²) in [7, 11) is 0. The van der Waals surface area contributed by atoms with Crippen molar-refractivity contribution in [1.82, 2.24) is 19.9 Å². The molecule has 0 saturated heterocycles. The van der Waals surface area contributed by atoms with Crippen molar-refractivity contribution in [1.29, 1.82) is 0 Å². The zero-order chi connectivity index (χ0) is 13.2. The highest BCUT2D eigenvalue weighted by Crippen LogP contribution is 2.12. The van der Waals surface area contributed by atoms with E-state index in [1.54, 1.807) is 16.1 Å². The molecule has 0 bridgehead atoms. The molecule has 6 nitrogen and oxygen atoms in total. The van der Waals surface area contributed by atoms with E-state index >= 15 is 0 Å². The second-order valence-corrected chi connectivity index (χ2v) is 4.84. The Bertz CT molecular complexity index is 732. The molecule has 0 fully saturated rings. The van der Waals surface area contributed by atoms with Crippen LogP contribution >= 0.6 is 11.3 Å². The SMILES string of the molecule is Nc1nc(C(=O)NCc2cccn3nccc23)cs1. The number of amides is 1. The maximum atomic E-state index is 11.9. The van der Waals surface area contributed by atoms with Crippen LogP contribution in [0.2, 0.25) is 0 Å². The minimum absolute atomic E-state index is 0.227. The zero-order valence-electron chi connectivity index (χ0n) is 9.91. The molecule has 0 aliphatic carbocycles. The Morgan fingerprint density at radius 1 is 1.47 bits per heavy atom. The molecule has 0 aromatic carbocycles. The summed E-state index contributed by atoms with van der Waals surface area (Å²) < 4.78 is 1.77. The number of hydrogen-bond donors (Lipinski definition) is 2. The van der Waals surface area contributed by atoms with Crippen LogP contribution in [-0.2, 0) is 6.54 Å². The maximum Gasteiger partial charge on any atom is 0.271 e. The van der Waals surface area contributed by atoms with Crippen molar-refractivity contribution < 1.29 is 4.79 Å². The van der Waals surface area contributed by atoms with Crippen molar-refractivity contribution in [2.75, 3.05) is 5.73 Å². The lowest BCUT2D eigenvalue weighted by atomic mass is 10.2. The Labute approximate surface area is 112 Å². The summed E-state index contributed by atoms with van der Waals surface area (Å²) in [5.41, 5.74) is 7.82. The molecule has 19 heavy (non-hydrogen) atoms. The molecule has 0 aliphatic heterocycles. The minimum Gasteiger partial charge on any atom is -0.375 e. The largest absolute Gasteiger partial charge is 0.375 e. The van der Waals surface area contributed by atoms with Gasteiger partial charge < -0.3 is 11.1 Å². The second-order valence-electron chi connectivity index (χ2n) is 3.95. The van der Waals surface area contributed by atoms with Crippen molar-refractivity contribution in [3.05, 3.63) is 47.2 Å². The number of aromatic nitrogens is 3. The van der Waals surface area contributed by atoms with Gasteiger partial charge in [0.05, 0.1) is 5.52 Å². The fourth-order valence-corrected chi connectivity index (χ4v) is 2.36. The number of carbonyl (C=O) groups is 1. The molecule has 96 valence electrons. The van der Waals surface area contributed by atoms with E-state index in [2.05, 4.69) is 15.4 Å². The predicted octanol–water partition coefficient (Wildman–Crippen LogP) is 1.30. The van der Waals surface area contributed by atoms with Gasteiger partial charge in [0, 0.05) is 24.3 Å². The van der Waals surface area contributed by atoms with Crippen LogP contribution in [-0.4, -0.2) is 20.5 Å². The standard InChI is InChI=1S/C12H11N5OS/c13-12-16-9(7-19-12)11(18)14-6-8-2-1-5-17-10(8)3-4-15-17/h1-5,7H,6H2,(H2,13,16)(H,14,18). The molecule has 3 aromatic heterocycles. The van der Waals surface area contributed by atoms with Crippen LogP contribution in [0.1, 0.15) is 16.1 Å². The molecular weight excluding hydrogens is 262 g/mol. The first-order valence-electron chi connectivity index (χ1n) is 5.64. The van der Waals surface area contributed by atoms with Gasteiger partial charge in [-0.3, -0.25) is 4.79 Å². The Morgan fingerprint density at radius 2 is 2.37 bits per heavy atom. The van der Waals surface area contributed by atoms with E-state index < -0.39 is 0 Å². The second kappa shape index (κ2) is 4.69. The minimum atomic E-state index is -0.227. The van der Waals surface area contributed by atoms with Crippen LogP contribution in [0.5, 0.6) is 0 Å². The van der Waals surface area contributed by atoms with E-state index in [1.165, 1.54) is 11.3 Å². The maximum absolute atomic E-state index is 11.9. The van der Waals surface area contributed by atoms with Gasteiger partial charge in [-0.1, -0.05) is 6.07 Å². The molecule has 0 saturated carbocycles. The van der Waals surface area contributed by atoms with Gasteiger partial charge in [-0.15, -0.1) is 11.3 Å². The highest BCUT2D eigenvalue weighted by Gasteiger charge is 2.10. The summed E-state index contributed by atoms with van der Waals surface area (Å²) in [6, 6.07) is 5.75. The van der Waals surface area contributed by atoms with Crippen LogP contribution in [0, 0.1) is 0 Å². The van der Waals surface area contributed by atoms with Crippen LogP contribution in [0.3, 0.4) is 0 Å². The molecule has 7 heteroatoms. The Hall–Kier alpha value is -2.41. The van der Waals surface area contributed by atoms with E-state index in [0.29, 0.717) is 17.4 Å². The Balaban J connectivity index is 1.76. The van der Waals surface area contributed by atoms with E-state index in [0.717, 1.165) is 11.1 Å². The van der Waals surface area contributed by atoms with Crippen molar-refractivity contribution in [3.63, 3.8) is 0 Å². The molecule has 3 N–H and O–H groups in total. The van der Waals surface area contributed by atoms with Crippen LogP contribution in [0.25, 0.3) is 5.52 Å². The van der Waals surface area contributed by atoms with Crippen LogP contribution < -0.4 is 11.1 Å². The lowest BCUT2D eigenvalue weighted by molar-refractivity contribution is 0.0947. The molecule has 0 radical (unpaired) electrons. The van der Waals surface area contributed by atoms with Crippen LogP contribution in [0.15, 0.2) is 36.0 Å². The number of anilines is 1. The average Bonchev–Trinajstić information content (AvgIpc) is 3.04. The van der Waals surface area contributed by atoms with Crippen molar-refractivity contribution in [2.45, 2.75) is 6.54 Å². The van der Waals surface area contributed by atoms with Gasteiger partial charge in [-0.05, 0) is 17.7 Å². The average molecular weight is 273 g/mol. The highest BCUT2D eigenvalue weighted by molar-refractivity contribution is 7.13. The molecule has 0 unspecified atom stereocenters. The highest BCUT2D eigenvalue weighted by atomic mass is 32.1. The number of carbonyl (C=O) groups excluding carboxylic acids is 1. The number of nitrogens with two attached hydrogens (primary N) is 1. The number of rotatable bonds is 3. The Morgan fingerprint density at radius 3 is 3.16 bits per heavy atom. The van der Waals surface area contributed by atoms with Crippen molar-refractivity contribution >= 4 is 27.9 Å². The molecule has 3 rings (SSSR count). The molecular formula is C12H11N5OS. The van der Waals surface area contributed by atoms with Crippen molar-refractivity contribution in [2.24, 2.45) is 0 Å². The lowest BCUT2D eigenvalue weighted by Crippen LogP contribution is -2.23. The number of thiazole rings is 1. The number of nitrogens with one attached hydrogen (secondary N) is 1. The first kappa shape index (κ1) is 11.7. The molecule has 0 atom stereocenters. The van der Waals surface area contributed by atoms with Crippen molar-refractivity contribution in [3.8, 4) is 0 Å². The summed E-state index contributed by atoms with van der Waals surface area (Å²) in [6.07, 6.45) is 3.59. The van der Waals surface area contributed by atoms with Gasteiger partial charge in [0.2, 0.25) is 0 Å². The third kappa shape index (κ3) is 2.27. The smallest absolute Gasteiger partial charge is 0.271 e. The monoisotopic (exact) mass is 273 g/mol. The van der Waals surface area contributed by atoms with E-state index in [4.69, 9.17) is 5.73 Å². The molecule has 3 heterocycles. The first-order valence-corrected chi connectivity index (χ1v) is 6.52. The van der Waals surface area contributed by atoms with Crippen LogP contribution in [0.4, 0.5) is 5.13 Å². The Kier molecular flexibility index (Phi) is 2.88. The third-order valence-corrected chi connectivity index (χ3v) is 3.39. The summed E-state index contributed by atoms with van der Waals surface area (Å²) in [5.74, 6) is -0.227. The number of fused-ring (bicyclic) bond motifs is 1. The van der Waals surface area contributed by atoms with E-state index in [1.807, 2.05) is 24.4 Å². The van der Waals surface area contributed by atoms with Gasteiger partial charge >= 0.3 is 0 Å². The number of nitrogen functional groups attached to an aromatic ring is 1. The van der Waals surface area contributed by atoms with Gasteiger partial charge in [-0.2, -0.15) is 5.10 Å². The summed E-state index contributed by atoms with van der Waals surface area (Å²) in [6.45, 7) is 0.423. The van der Waals surface area contributed by atoms with Gasteiger partial charge in [0.15, 0.2) is 5.13 Å². The third-order valence-electron chi connectivity index (χ3n) is 2.72. The molecule has 3 aromatic rings. The fourth-order valence-electron chi connectivity index (χ4n) is 1.82. The van der Waals surface area contributed by atoms with E-state index in [9.17, 15) is 4.79 Å². The molecule has 1 amide bonds.